The highest BCUT2D eigenvalue weighted by Crippen LogP contribution is 2.42. The zero-order valence-electron chi connectivity index (χ0n) is 18.5. The van der Waals surface area contributed by atoms with Gasteiger partial charge in [0.05, 0.1) is 11.7 Å². The molecular weight excluding hydrogens is 448 g/mol. The summed E-state index contributed by atoms with van der Waals surface area (Å²) in [6, 6.07) is 26.6. The van der Waals surface area contributed by atoms with Crippen LogP contribution in [0.5, 0.6) is 0 Å². The van der Waals surface area contributed by atoms with Crippen LogP contribution in [0.1, 0.15) is 48.8 Å². The molecule has 3 heterocycles. The summed E-state index contributed by atoms with van der Waals surface area (Å²) in [6.07, 6.45) is 3.89. The molecule has 6 heteroatoms. The summed E-state index contributed by atoms with van der Waals surface area (Å²) in [6.45, 7) is 4.41. The van der Waals surface area contributed by atoms with E-state index in [1.807, 2.05) is 42.6 Å². The Labute approximate surface area is 204 Å². The van der Waals surface area contributed by atoms with E-state index in [1.165, 1.54) is 5.56 Å². The van der Waals surface area contributed by atoms with Crippen molar-refractivity contribution in [3.8, 4) is 5.69 Å². The van der Waals surface area contributed by atoms with Gasteiger partial charge in [-0.2, -0.15) is 0 Å². The van der Waals surface area contributed by atoms with Crippen LogP contribution in [0.3, 0.4) is 0 Å². The van der Waals surface area contributed by atoms with Gasteiger partial charge in [-0.1, -0.05) is 49.7 Å². The van der Waals surface area contributed by atoms with Gasteiger partial charge in [-0.3, -0.25) is 4.98 Å². The van der Waals surface area contributed by atoms with E-state index in [9.17, 15) is 0 Å². The van der Waals surface area contributed by atoms with Gasteiger partial charge in [0.15, 0.2) is 5.11 Å². The minimum Gasteiger partial charge on any atom is -0.351 e. The molecule has 0 amide bonds. The lowest BCUT2D eigenvalue weighted by Crippen LogP contribution is -2.30. The van der Waals surface area contributed by atoms with Gasteiger partial charge in [-0.05, 0) is 78.3 Å². The van der Waals surface area contributed by atoms with Crippen molar-refractivity contribution in [3.63, 3.8) is 0 Å². The van der Waals surface area contributed by atoms with Crippen LogP contribution in [0.4, 0.5) is 5.69 Å². The molecule has 33 heavy (non-hydrogen) atoms. The van der Waals surface area contributed by atoms with Crippen molar-refractivity contribution in [2.75, 3.05) is 4.90 Å². The van der Waals surface area contributed by atoms with Gasteiger partial charge in [0, 0.05) is 34.5 Å². The SMILES string of the molecule is CC(C)c1ccc(N2C(=S)NC(c3ccccn3)C2c2cccn2-c2cccc(Cl)c2)cc1. The molecule has 166 valence electrons. The zero-order valence-corrected chi connectivity index (χ0v) is 20.1. The Morgan fingerprint density at radius 2 is 1.76 bits per heavy atom. The zero-order chi connectivity index (χ0) is 22.9. The number of halogens is 1. The molecule has 0 radical (unpaired) electrons. The minimum atomic E-state index is -0.101. The van der Waals surface area contributed by atoms with E-state index in [2.05, 4.69) is 82.3 Å². The highest BCUT2D eigenvalue weighted by atomic mass is 35.5. The van der Waals surface area contributed by atoms with Crippen molar-refractivity contribution in [2.24, 2.45) is 0 Å². The topological polar surface area (TPSA) is 33.1 Å². The first-order valence-corrected chi connectivity index (χ1v) is 11.9. The standard InChI is InChI=1S/C27H25ClN4S/c1-18(2)19-11-13-21(14-12-19)32-26(25(30-27(32)33)23-9-3-4-15-29-23)24-10-6-16-31(24)22-8-5-7-20(28)17-22/h3-18,25-26H,1-2H3,(H,30,33). The molecule has 0 spiro atoms. The second-order valence-corrected chi connectivity index (χ2v) is 9.35. The van der Waals surface area contributed by atoms with E-state index < -0.39 is 0 Å². The average Bonchev–Trinajstić information content (AvgIpc) is 3.44. The van der Waals surface area contributed by atoms with Gasteiger partial charge < -0.3 is 14.8 Å². The quantitative estimate of drug-likeness (QED) is 0.323. The number of aromatic nitrogens is 2. The molecule has 1 aliphatic rings. The normalized spacial score (nSPS) is 18.1. The summed E-state index contributed by atoms with van der Waals surface area (Å²) in [5, 5.41) is 4.93. The summed E-state index contributed by atoms with van der Waals surface area (Å²) in [4.78, 5) is 6.86. The molecular formula is C27H25ClN4S. The van der Waals surface area contributed by atoms with Gasteiger partial charge in [0.1, 0.15) is 6.04 Å². The van der Waals surface area contributed by atoms with E-state index in [-0.39, 0.29) is 12.1 Å². The Bertz CT molecular complexity index is 1270. The lowest BCUT2D eigenvalue weighted by Gasteiger charge is -2.29. The van der Waals surface area contributed by atoms with E-state index in [4.69, 9.17) is 23.8 Å². The van der Waals surface area contributed by atoms with Crippen LogP contribution >= 0.6 is 23.8 Å². The lowest BCUT2D eigenvalue weighted by molar-refractivity contribution is 0.549. The molecule has 2 aromatic carbocycles. The molecule has 5 rings (SSSR count). The van der Waals surface area contributed by atoms with E-state index in [0.717, 1.165) is 22.8 Å². The van der Waals surface area contributed by atoms with E-state index in [1.54, 1.807) is 0 Å². The summed E-state index contributed by atoms with van der Waals surface area (Å²) in [7, 11) is 0. The Morgan fingerprint density at radius 3 is 2.45 bits per heavy atom. The van der Waals surface area contributed by atoms with Crippen LogP contribution < -0.4 is 10.2 Å². The highest BCUT2D eigenvalue weighted by Gasteiger charge is 2.42. The number of hydrogen-bond acceptors (Lipinski definition) is 2. The van der Waals surface area contributed by atoms with Gasteiger partial charge in [-0.25, -0.2) is 0 Å². The fraction of sp³-hybridized carbons (Fsp3) is 0.185. The minimum absolute atomic E-state index is 0.0914. The molecule has 0 bridgehead atoms. The maximum atomic E-state index is 6.32. The Balaban J connectivity index is 1.64. The fourth-order valence-electron chi connectivity index (χ4n) is 4.45. The van der Waals surface area contributed by atoms with E-state index >= 15 is 0 Å². The number of nitrogens with one attached hydrogen (secondary N) is 1. The van der Waals surface area contributed by atoms with Crippen molar-refractivity contribution in [1.29, 1.82) is 0 Å². The maximum Gasteiger partial charge on any atom is 0.174 e. The van der Waals surface area contributed by atoms with Crippen molar-refractivity contribution in [2.45, 2.75) is 31.8 Å². The van der Waals surface area contributed by atoms with Crippen molar-refractivity contribution >= 4 is 34.6 Å². The third-order valence-electron chi connectivity index (χ3n) is 6.11. The predicted molar refractivity (Wildman–Crippen MR) is 139 cm³/mol. The van der Waals surface area contributed by atoms with Crippen LogP contribution in [-0.4, -0.2) is 14.7 Å². The molecule has 1 saturated heterocycles. The summed E-state index contributed by atoms with van der Waals surface area (Å²) in [5.74, 6) is 0.472. The molecule has 1 fully saturated rings. The number of pyridine rings is 1. The number of anilines is 1. The first kappa shape index (κ1) is 21.7. The molecule has 1 N–H and O–H groups in total. The smallest absolute Gasteiger partial charge is 0.174 e. The van der Waals surface area contributed by atoms with Gasteiger partial charge in [0.25, 0.3) is 0 Å². The maximum absolute atomic E-state index is 6.32. The van der Waals surface area contributed by atoms with Gasteiger partial charge >= 0.3 is 0 Å². The van der Waals surface area contributed by atoms with Crippen LogP contribution in [0.15, 0.2) is 91.3 Å². The Hall–Kier alpha value is -3.15. The molecule has 0 aliphatic carbocycles. The molecule has 2 unspecified atom stereocenters. The van der Waals surface area contributed by atoms with Crippen molar-refractivity contribution in [3.05, 3.63) is 113 Å². The average molecular weight is 473 g/mol. The van der Waals surface area contributed by atoms with Crippen molar-refractivity contribution in [1.82, 2.24) is 14.9 Å². The number of thiocarbonyl (C=S) groups is 1. The molecule has 1 aliphatic heterocycles. The third kappa shape index (κ3) is 4.14. The summed E-state index contributed by atoms with van der Waals surface area (Å²) >= 11 is 12.2. The molecule has 2 atom stereocenters. The Morgan fingerprint density at radius 1 is 0.939 bits per heavy atom. The number of rotatable bonds is 5. The number of hydrogen-bond donors (Lipinski definition) is 1. The largest absolute Gasteiger partial charge is 0.351 e. The summed E-state index contributed by atoms with van der Waals surface area (Å²) in [5.41, 5.74) is 5.42. The molecule has 0 saturated carbocycles. The first-order valence-electron chi connectivity index (χ1n) is 11.1. The highest BCUT2D eigenvalue weighted by molar-refractivity contribution is 7.80. The van der Waals surface area contributed by atoms with Crippen molar-refractivity contribution < 1.29 is 0 Å². The van der Waals surface area contributed by atoms with Crippen LogP contribution in [0.2, 0.25) is 5.02 Å². The third-order valence-corrected chi connectivity index (χ3v) is 6.66. The fourth-order valence-corrected chi connectivity index (χ4v) is 4.98. The number of nitrogens with zero attached hydrogens (tertiary/aromatic N) is 3. The monoisotopic (exact) mass is 472 g/mol. The van der Waals surface area contributed by atoms with E-state index in [0.29, 0.717) is 16.1 Å². The second-order valence-electron chi connectivity index (χ2n) is 8.53. The predicted octanol–water partition coefficient (Wildman–Crippen LogP) is 6.83. The summed E-state index contributed by atoms with van der Waals surface area (Å²) < 4.78 is 2.18. The van der Waals surface area contributed by atoms with Crippen LogP contribution in [0, 0.1) is 0 Å². The Kier molecular flexibility index (Phi) is 5.92. The molecule has 4 aromatic rings. The second kappa shape index (κ2) is 9.00. The van der Waals surface area contributed by atoms with Gasteiger partial charge in [0.2, 0.25) is 0 Å². The molecule has 2 aromatic heterocycles. The lowest BCUT2D eigenvalue weighted by atomic mass is 9.99. The van der Waals surface area contributed by atoms with Crippen LogP contribution in [0.25, 0.3) is 5.69 Å². The first-order chi connectivity index (χ1) is 16.0. The molecule has 4 nitrogen and oxygen atoms in total. The van der Waals surface area contributed by atoms with Gasteiger partial charge in [-0.15, -0.1) is 0 Å². The number of benzene rings is 2. The van der Waals surface area contributed by atoms with Crippen LogP contribution in [-0.2, 0) is 0 Å².